The first-order valence-corrected chi connectivity index (χ1v) is 9.28. The zero-order valence-electron chi connectivity index (χ0n) is 11.6. The highest BCUT2D eigenvalue weighted by molar-refractivity contribution is 7.91. The van der Waals surface area contributed by atoms with Crippen LogP contribution in [-0.2, 0) is 21.0 Å². The molecule has 20 heavy (non-hydrogen) atoms. The normalized spacial score (nSPS) is 19.9. The fourth-order valence-corrected chi connectivity index (χ4v) is 4.53. The number of aryl methyl sites for hydroxylation is 1. The van der Waals surface area contributed by atoms with Crippen LogP contribution in [0.2, 0.25) is 5.02 Å². The fourth-order valence-electron chi connectivity index (χ4n) is 2.56. The van der Waals surface area contributed by atoms with Gasteiger partial charge < -0.3 is 4.74 Å². The van der Waals surface area contributed by atoms with Crippen LogP contribution in [0.4, 0.5) is 0 Å². The van der Waals surface area contributed by atoms with Crippen LogP contribution in [0, 0.1) is 5.92 Å². The number of halogens is 1. The van der Waals surface area contributed by atoms with Crippen LogP contribution >= 0.6 is 11.6 Å². The topological polar surface area (TPSA) is 43.4 Å². The lowest BCUT2D eigenvalue weighted by Gasteiger charge is -2.21. The molecule has 1 fully saturated rings. The van der Waals surface area contributed by atoms with E-state index in [1.807, 2.05) is 24.3 Å². The smallest absolute Gasteiger partial charge is 0.150 e. The molecule has 1 unspecified atom stereocenters. The second-order valence-corrected chi connectivity index (χ2v) is 8.03. The molecule has 0 aromatic heterocycles. The Kier molecular flexibility index (Phi) is 5.87. The first-order chi connectivity index (χ1) is 9.57. The summed E-state index contributed by atoms with van der Waals surface area (Å²) in [5.74, 6) is 0.665. The van der Waals surface area contributed by atoms with Crippen molar-refractivity contribution in [3.05, 3.63) is 34.9 Å². The van der Waals surface area contributed by atoms with E-state index in [4.69, 9.17) is 16.3 Å². The van der Waals surface area contributed by atoms with Crippen molar-refractivity contribution < 1.29 is 13.2 Å². The largest absolute Gasteiger partial charge is 0.381 e. The molecule has 2 rings (SSSR count). The Labute approximate surface area is 126 Å². The Morgan fingerprint density at radius 2 is 2.10 bits per heavy atom. The van der Waals surface area contributed by atoms with Crippen molar-refractivity contribution in [2.75, 3.05) is 24.7 Å². The molecule has 1 atom stereocenters. The molecule has 0 aliphatic carbocycles. The van der Waals surface area contributed by atoms with Gasteiger partial charge in [-0.3, -0.25) is 0 Å². The summed E-state index contributed by atoms with van der Waals surface area (Å²) in [5, 5.41) is 0.713. The van der Waals surface area contributed by atoms with E-state index < -0.39 is 9.84 Å². The zero-order chi connectivity index (χ0) is 14.4. The van der Waals surface area contributed by atoms with Crippen molar-refractivity contribution in [1.82, 2.24) is 0 Å². The summed E-state index contributed by atoms with van der Waals surface area (Å²) >= 11 is 6.06. The standard InChI is InChI=1S/C15H21ClO3S/c16-15-8-2-1-6-14(15)7-4-10-20(17,18)12-13-5-3-9-19-11-13/h1-2,6,8,13H,3-5,7,9-12H2. The molecule has 1 aliphatic heterocycles. The Bertz CT molecular complexity index is 522. The molecular formula is C15H21ClO3S. The van der Waals surface area contributed by atoms with E-state index in [1.165, 1.54) is 0 Å². The van der Waals surface area contributed by atoms with Crippen LogP contribution in [0.25, 0.3) is 0 Å². The summed E-state index contributed by atoms with van der Waals surface area (Å²) in [6, 6.07) is 7.59. The van der Waals surface area contributed by atoms with Gasteiger partial charge in [-0.25, -0.2) is 8.42 Å². The highest BCUT2D eigenvalue weighted by Gasteiger charge is 2.21. The third kappa shape index (κ3) is 5.08. The first-order valence-electron chi connectivity index (χ1n) is 7.08. The lowest BCUT2D eigenvalue weighted by atomic mass is 10.1. The summed E-state index contributed by atoms with van der Waals surface area (Å²) in [4.78, 5) is 0. The second-order valence-electron chi connectivity index (χ2n) is 5.39. The van der Waals surface area contributed by atoms with Gasteiger partial charge in [0, 0.05) is 11.6 Å². The molecule has 3 nitrogen and oxygen atoms in total. The Hall–Kier alpha value is -0.580. The van der Waals surface area contributed by atoms with Gasteiger partial charge in [-0.1, -0.05) is 29.8 Å². The van der Waals surface area contributed by atoms with Gasteiger partial charge in [-0.2, -0.15) is 0 Å². The molecule has 1 heterocycles. The molecule has 1 aromatic carbocycles. The van der Waals surface area contributed by atoms with Crippen LogP contribution < -0.4 is 0 Å². The highest BCUT2D eigenvalue weighted by Crippen LogP contribution is 2.19. The second kappa shape index (κ2) is 7.43. The number of sulfone groups is 1. The number of hydrogen-bond acceptors (Lipinski definition) is 3. The predicted octanol–water partition coefficient (Wildman–Crippen LogP) is 3.11. The molecule has 1 aromatic rings. The molecule has 0 N–H and O–H groups in total. The summed E-state index contributed by atoms with van der Waals surface area (Å²) in [5.41, 5.74) is 1.02. The van der Waals surface area contributed by atoms with Gasteiger partial charge in [0.2, 0.25) is 0 Å². The van der Waals surface area contributed by atoms with Crippen molar-refractivity contribution in [2.45, 2.75) is 25.7 Å². The quantitative estimate of drug-likeness (QED) is 0.810. The average Bonchev–Trinajstić information content (AvgIpc) is 2.41. The summed E-state index contributed by atoms with van der Waals surface area (Å²) in [6.07, 6.45) is 3.27. The van der Waals surface area contributed by atoms with E-state index >= 15 is 0 Å². The van der Waals surface area contributed by atoms with E-state index in [2.05, 4.69) is 0 Å². The molecule has 0 bridgehead atoms. The van der Waals surface area contributed by atoms with Gasteiger partial charge in [-0.05, 0) is 43.2 Å². The van der Waals surface area contributed by atoms with Crippen molar-refractivity contribution in [2.24, 2.45) is 5.92 Å². The van der Waals surface area contributed by atoms with Crippen LogP contribution in [0.1, 0.15) is 24.8 Å². The average molecular weight is 317 g/mol. The zero-order valence-corrected chi connectivity index (χ0v) is 13.1. The molecule has 5 heteroatoms. The maximum absolute atomic E-state index is 12.1. The molecule has 112 valence electrons. The maximum Gasteiger partial charge on any atom is 0.150 e. The van der Waals surface area contributed by atoms with Crippen LogP contribution in [0.5, 0.6) is 0 Å². The minimum atomic E-state index is -2.99. The van der Waals surface area contributed by atoms with Crippen molar-refractivity contribution in [1.29, 1.82) is 0 Å². The van der Waals surface area contributed by atoms with Crippen LogP contribution in [-0.4, -0.2) is 33.1 Å². The Balaban J connectivity index is 1.79. The van der Waals surface area contributed by atoms with Crippen LogP contribution in [0.15, 0.2) is 24.3 Å². The molecule has 0 amide bonds. The Morgan fingerprint density at radius 1 is 1.30 bits per heavy atom. The minimum absolute atomic E-state index is 0.175. The molecule has 0 saturated carbocycles. The van der Waals surface area contributed by atoms with Crippen LogP contribution in [0.3, 0.4) is 0 Å². The number of benzene rings is 1. The van der Waals surface area contributed by atoms with E-state index in [0.29, 0.717) is 24.5 Å². The van der Waals surface area contributed by atoms with Gasteiger partial charge in [0.15, 0.2) is 9.84 Å². The SMILES string of the molecule is O=S(=O)(CCCc1ccccc1Cl)CC1CCCOC1. The first kappa shape index (κ1) is 15.8. The lowest BCUT2D eigenvalue weighted by molar-refractivity contribution is 0.0626. The number of ether oxygens (including phenoxy) is 1. The molecule has 1 aliphatic rings. The van der Waals surface area contributed by atoms with Gasteiger partial charge >= 0.3 is 0 Å². The summed E-state index contributed by atoms with van der Waals surface area (Å²) in [6.45, 7) is 1.35. The molecule has 0 spiro atoms. The van der Waals surface area contributed by atoms with E-state index in [0.717, 1.165) is 25.0 Å². The van der Waals surface area contributed by atoms with E-state index in [1.54, 1.807) is 0 Å². The molecule has 0 radical (unpaired) electrons. The van der Waals surface area contributed by atoms with Crippen molar-refractivity contribution in [3.63, 3.8) is 0 Å². The predicted molar refractivity (Wildman–Crippen MR) is 82.0 cm³/mol. The van der Waals surface area contributed by atoms with Crippen molar-refractivity contribution in [3.8, 4) is 0 Å². The Morgan fingerprint density at radius 3 is 2.80 bits per heavy atom. The van der Waals surface area contributed by atoms with Gasteiger partial charge in [-0.15, -0.1) is 0 Å². The third-order valence-electron chi connectivity index (χ3n) is 3.60. The summed E-state index contributed by atoms with van der Waals surface area (Å²) < 4.78 is 29.5. The molecule has 1 saturated heterocycles. The fraction of sp³-hybridized carbons (Fsp3) is 0.600. The number of rotatable bonds is 6. The van der Waals surface area contributed by atoms with Gasteiger partial charge in [0.05, 0.1) is 18.1 Å². The minimum Gasteiger partial charge on any atom is -0.381 e. The highest BCUT2D eigenvalue weighted by atomic mass is 35.5. The van der Waals surface area contributed by atoms with Gasteiger partial charge in [0.25, 0.3) is 0 Å². The van der Waals surface area contributed by atoms with Gasteiger partial charge in [0.1, 0.15) is 0 Å². The monoisotopic (exact) mass is 316 g/mol. The number of hydrogen-bond donors (Lipinski definition) is 0. The maximum atomic E-state index is 12.1. The van der Waals surface area contributed by atoms with E-state index in [9.17, 15) is 8.42 Å². The third-order valence-corrected chi connectivity index (χ3v) is 5.86. The van der Waals surface area contributed by atoms with Crippen molar-refractivity contribution >= 4 is 21.4 Å². The summed E-state index contributed by atoms with van der Waals surface area (Å²) in [7, 11) is -2.99. The molecular weight excluding hydrogens is 296 g/mol. The van der Waals surface area contributed by atoms with E-state index in [-0.39, 0.29) is 17.4 Å². The lowest BCUT2D eigenvalue weighted by Crippen LogP contribution is -2.26.